The average molecular weight is 316 g/mol. The summed E-state index contributed by atoms with van der Waals surface area (Å²) >= 11 is 0. The van der Waals surface area contributed by atoms with Crippen LogP contribution in [0.3, 0.4) is 0 Å². The maximum atomic E-state index is 11.2. The van der Waals surface area contributed by atoms with Crippen molar-refractivity contribution in [3.8, 4) is 11.5 Å². The van der Waals surface area contributed by atoms with Gasteiger partial charge in [-0.2, -0.15) is 5.10 Å². The van der Waals surface area contributed by atoms with Crippen molar-refractivity contribution in [2.45, 2.75) is 6.92 Å². The zero-order valence-electron chi connectivity index (χ0n) is 12.7. The SMILES string of the molecule is CCOc1c(OC)cc(/C=N/Nc2ccccn2)cc1[N+](=O)[O-]. The second kappa shape index (κ2) is 7.74. The molecule has 0 bridgehead atoms. The molecule has 0 aliphatic carbocycles. The van der Waals surface area contributed by atoms with Crippen LogP contribution in [-0.4, -0.2) is 29.8 Å². The molecule has 0 aliphatic rings. The van der Waals surface area contributed by atoms with E-state index < -0.39 is 4.92 Å². The molecule has 8 heteroatoms. The lowest BCUT2D eigenvalue weighted by molar-refractivity contribution is -0.385. The summed E-state index contributed by atoms with van der Waals surface area (Å²) in [5.41, 5.74) is 3.06. The van der Waals surface area contributed by atoms with Crippen LogP contribution < -0.4 is 14.9 Å². The molecule has 1 aromatic carbocycles. The third-order valence-electron chi connectivity index (χ3n) is 2.82. The molecule has 0 atom stereocenters. The van der Waals surface area contributed by atoms with Crippen LogP contribution in [0.5, 0.6) is 11.5 Å². The number of hydrazone groups is 1. The smallest absolute Gasteiger partial charge is 0.315 e. The second-order valence-electron chi connectivity index (χ2n) is 4.35. The van der Waals surface area contributed by atoms with Gasteiger partial charge in [-0.15, -0.1) is 0 Å². The molecule has 1 aromatic heterocycles. The number of rotatable bonds is 7. The minimum absolute atomic E-state index is 0.106. The fourth-order valence-corrected chi connectivity index (χ4v) is 1.86. The van der Waals surface area contributed by atoms with Gasteiger partial charge >= 0.3 is 5.69 Å². The molecular formula is C15H16N4O4. The maximum Gasteiger partial charge on any atom is 0.315 e. The van der Waals surface area contributed by atoms with E-state index in [0.717, 1.165) is 0 Å². The van der Waals surface area contributed by atoms with Gasteiger partial charge in [0.25, 0.3) is 0 Å². The lowest BCUT2D eigenvalue weighted by Gasteiger charge is -2.10. The van der Waals surface area contributed by atoms with Gasteiger partial charge in [-0.1, -0.05) is 6.07 Å². The van der Waals surface area contributed by atoms with Gasteiger partial charge in [0.1, 0.15) is 5.82 Å². The van der Waals surface area contributed by atoms with Gasteiger partial charge in [0.05, 0.1) is 24.9 Å². The number of anilines is 1. The van der Waals surface area contributed by atoms with Crippen molar-refractivity contribution < 1.29 is 14.4 Å². The van der Waals surface area contributed by atoms with Crippen molar-refractivity contribution in [3.05, 3.63) is 52.2 Å². The summed E-state index contributed by atoms with van der Waals surface area (Å²) in [4.78, 5) is 14.7. The summed E-state index contributed by atoms with van der Waals surface area (Å²) in [6.07, 6.45) is 3.07. The molecule has 0 saturated carbocycles. The Labute approximate surface area is 132 Å². The summed E-state index contributed by atoms with van der Waals surface area (Å²) < 4.78 is 10.5. The summed E-state index contributed by atoms with van der Waals surface area (Å²) in [6.45, 7) is 2.04. The van der Waals surface area contributed by atoms with E-state index in [1.807, 2.05) is 6.07 Å². The van der Waals surface area contributed by atoms with E-state index in [1.54, 1.807) is 31.3 Å². The fourth-order valence-electron chi connectivity index (χ4n) is 1.86. The Bertz CT molecular complexity index is 704. The van der Waals surface area contributed by atoms with E-state index >= 15 is 0 Å². The Morgan fingerprint density at radius 1 is 1.43 bits per heavy atom. The number of ether oxygens (including phenoxy) is 2. The quantitative estimate of drug-likeness (QED) is 0.479. The Balaban J connectivity index is 2.28. The molecule has 1 heterocycles. The summed E-state index contributed by atoms with van der Waals surface area (Å²) in [5, 5.41) is 15.2. The van der Waals surface area contributed by atoms with Gasteiger partial charge in [-0.3, -0.25) is 15.5 Å². The third kappa shape index (κ3) is 4.16. The molecule has 0 radical (unpaired) electrons. The zero-order chi connectivity index (χ0) is 16.7. The van der Waals surface area contributed by atoms with Crippen LogP contribution in [0.1, 0.15) is 12.5 Å². The van der Waals surface area contributed by atoms with Crippen LogP contribution in [0.2, 0.25) is 0 Å². The molecule has 2 aromatic rings. The van der Waals surface area contributed by atoms with Crippen LogP contribution in [0, 0.1) is 10.1 Å². The number of methoxy groups -OCH3 is 1. The number of hydrogen-bond donors (Lipinski definition) is 1. The van der Waals surface area contributed by atoms with Gasteiger partial charge < -0.3 is 9.47 Å². The molecule has 8 nitrogen and oxygen atoms in total. The summed E-state index contributed by atoms with van der Waals surface area (Å²) in [7, 11) is 1.43. The first-order valence-corrected chi connectivity index (χ1v) is 6.85. The van der Waals surface area contributed by atoms with E-state index in [9.17, 15) is 10.1 Å². The summed E-state index contributed by atoms with van der Waals surface area (Å²) in [6, 6.07) is 8.34. The molecule has 1 N–H and O–H groups in total. The normalized spacial score (nSPS) is 10.5. The summed E-state index contributed by atoms with van der Waals surface area (Å²) in [5.74, 6) is 0.950. The van der Waals surface area contributed by atoms with Gasteiger partial charge in [0.2, 0.25) is 5.75 Å². The fraction of sp³-hybridized carbons (Fsp3) is 0.200. The Hall–Kier alpha value is -3.16. The molecule has 0 spiro atoms. The molecule has 23 heavy (non-hydrogen) atoms. The predicted octanol–water partition coefficient (Wildman–Crippen LogP) is 2.84. The average Bonchev–Trinajstić information content (AvgIpc) is 2.56. The van der Waals surface area contributed by atoms with E-state index in [4.69, 9.17) is 9.47 Å². The van der Waals surface area contributed by atoms with Gasteiger partial charge in [0.15, 0.2) is 5.75 Å². The van der Waals surface area contributed by atoms with Crippen LogP contribution in [0.15, 0.2) is 41.6 Å². The Morgan fingerprint density at radius 2 is 2.26 bits per heavy atom. The Morgan fingerprint density at radius 3 is 2.87 bits per heavy atom. The van der Waals surface area contributed by atoms with Crippen molar-refractivity contribution in [1.29, 1.82) is 0 Å². The van der Waals surface area contributed by atoms with Crippen molar-refractivity contribution >= 4 is 17.7 Å². The van der Waals surface area contributed by atoms with Crippen molar-refractivity contribution in [3.63, 3.8) is 0 Å². The molecule has 0 amide bonds. The number of nitro benzene ring substituents is 1. The topological polar surface area (TPSA) is 98.9 Å². The molecule has 0 fully saturated rings. The monoisotopic (exact) mass is 316 g/mol. The van der Waals surface area contributed by atoms with Crippen LogP contribution in [0.4, 0.5) is 11.5 Å². The minimum Gasteiger partial charge on any atom is -0.493 e. The van der Waals surface area contributed by atoms with Gasteiger partial charge in [-0.25, -0.2) is 4.98 Å². The number of aromatic nitrogens is 1. The van der Waals surface area contributed by atoms with E-state index in [2.05, 4.69) is 15.5 Å². The lowest BCUT2D eigenvalue weighted by Crippen LogP contribution is -2.02. The Kier molecular flexibility index (Phi) is 5.45. The van der Waals surface area contributed by atoms with E-state index in [0.29, 0.717) is 18.0 Å². The highest BCUT2D eigenvalue weighted by Crippen LogP contribution is 2.37. The standard InChI is InChI=1S/C15H16N4O4/c1-3-23-15-12(19(20)21)8-11(9-13(15)22-2)10-17-18-14-6-4-5-7-16-14/h4-10H,3H2,1-2H3,(H,16,18)/b17-10+. The number of nitro groups is 1. The van der Waals surface area contributed by atoms with E-state index in [1.165, 1.54) is 19.4 Å². The second-order valence-corrected chi connectivity index (χ2v) is 4.35. The molecule has 120 valence electrons. The van der Waals surface area contributed by atoms with Crippen LogP contribution >= 0.6 is 0 Å². The largest absolute Gasteiger partial charge is 0.493 e. The first kappa shape index (κ1) is 16.2. The molecule has 0 unspecified atom stereocenters. The minimum atomic E-state index is -0.517. The van der Waals surface area contributed by atoms with Crippen molar-refractivity contribution in [1.82, 2.24) is 4.98 Å². The highest BCUT2D eigenvalue weighted by Gasteiger charge is 2.21. The highest BCUT2D eigenvalue weighted by molar-refractivity contribution is 5.83. The van der Waals surface area contributed by atoms with Gasteiger partial charge in [0, 0.05) is 17.8 Å². The van der Waals surface area contributed by atoms with Crippen LogP contribution in [-0.2, 0) is 0 Å². The molecular weight excluding hydrogens is 300 g/mol. The predicted molar refractivity (Wildman–Crippen MR) is 86.3 cm³/mol. The third-order valence-corrected chi connectivity index (χ3v) is 2.82. The number of pyridine rings is 1. The lowest BCUT2D eigenvalue weighted by atomic mass is 10.2. The molecule has 0 aliphatic heterocycles. The first-order valence-electron chi connectivity index (χ1n) is 6.85. The van der Waals surface area contributed by atoms with Gasteiger partial charge in [-0.05, 0) is 25.1 Å². The van der Waals surface area contributed by atoms with Crippen molar-refractivity contribution in [2.24, 2.45) is 5.10 Å². The maximum absolute atomic E-state index is 11.2. The number of nitrogens with zero attached hydrogens (tertiary/aromatic N) is 3. The van der Waals surface area contributed by atoms with Crippen molar-refractivity contribution in [2.75, 3.05) is 19.1 Å². The first-order chi connectivity index (χ1) is 11.2. The van der Waals surface area contributed by atoms with Crippen LogP contribution in [0.25, 0.3) is 0 Å². The number of benzene rings is 1. The highest BCUT2D eigenvalue weighted by atomic mass is 16.6. The molecule has 2 rings (SSSR count). The van der Waals surface area contributed by atoms with E-state index in [-0.39, 0.29) is 17.2 Å². The number of nitrogens with one attached hydrogen (secondary N) is 1. The number of hydrogen-bond acceptors (Lipinski definition) is 7. The zero-order valence-corrected chi connectivity index (χ0v) is 12.7. The molecule has 0 saturated heterocycles.